The van der Waals surface area contributed by atoms with Gasteiger partial charge in [0.25, 0.3) is 29.6 Å². The number of alkyl halides is 12. The van der Waals surface area contributed by atoms with Crippen LogP contribution in [-0.4, -0.2) is 199 Å². The van der Waals surface area contributed by atoms with Gasteiger partial charge >= 0.3 is 59.5 Å². The highest BCUT2D eigenvalue weighted by Crippen LogP contribution is 2.32. The lowest BCUT2D eigenvalue weighted by Crippen LogP contribution is -2.52. The number of halogens is 12. The van der Waals surface area contributed by atoms with E-state index in [1.54, 1.807) is 0 Å². The number of unbranched alkanes of at least 4 members (excludes halogenated alkanes) is 35. The Morgan fingerprint density at radius 2 is 0.594 bits per heavy atom. The van der Waals surface area contributed by atoms with Gasteiger partial charge in [-0.2, -0.15) is 43.9 Å². The molecule has 6 rings (SSSR count). The predicted molar refractivity (Wildman–Crippen MR) is 474 cm³/mol. The van der Waals surface area contributed by atoms with Crippen LogP contribution in [0.4, 0.5) is 52.7 Å². The maximum Gasteiger partial charge on any atom is 0.381 e. The molecule has 0 radical (unpaired) electrons. The summed E-state index contributed by atoms with van der Waals surface area (Å²) in [4.78, 5) is 160. The fraction of sp³-hybridized carbons (Fsp3) is 0.853. The molecule has 7 N–H and O–H groups in total. The number of rotatable bonds is 64. The summed E-state index contributed by atoms with van der Waals surface area (Å²) >= 11 is 0. The second kappa shape index (κ2) is 70.0. The molecule has 26 nitrogen and oxygen atoms in total. The zero-order valence-corrected chi connectivity index (χ0v) is 79.6. The van der Waals surface area contributed by atoms with Gasteiger partial charge in [0.1, 0.15) is 36.3 Å². The number of carbonyl (C=O) groups excluding carboxylic acids is 14. The van der Waals surface area contributed by atoms with E-state index in [-0.39, 0.29) is 90.2 Å². The highest BCUT2D eigenvalue weighted by Gasteiger charge is 2.50. The number of nitrogens with one attached hydrogen (secondary N) is 6. The fourth-order valence-electron chi connectivity index (χ4n) is 14.8. The van der Waals surface area contributed by atoms with Crippen molar-refractivity contribution >= 4 is 82.6 Å². The summed E-state index contributed by atoms with van der Waals surface area (Å²) in [6.07, 6.45) is 34.9. The molecule has 0 spiro atoms. The predicted octanol–water partition coefficient (Wildman–Crippen LogP) is 18.9. The lowest BCUT2D eigenvalue weighted by atomic mass is 10.0. The molecule has 38 heteroatoms. The van der Waals surface area contributed by atoms with Crippen LogP contribution in [0, 0.1) is 0 Å². The van der Waals surface area contributed by atoms with E-state index in [4.69, 9.17) is 0 Å². The summed E-state index contributed by atoms with van der Waals surface area (Å²) in [6.45, 7) is 13.4. The van der Waals surface area contributed by atoms with Gasteiger partial charge in [0.2, 0.25) is 23.4 Å². The summed E-state index contributed by atoms with van der Waals surface area (Å²) < 4.78 is 188. The number of amides is 6. The SMILES string of the molecule is CCCCCCCCC(F)(F)C(=O)CC(=O)NC1CCOC1=O.CCCCCCCCC(F)(F)C(=O)NC1CCOC1=O.CCCCCCCCCC(=O)C(F)(F)C(=O)NC1CCOC1=O.CCCCCCCCCC(F)(F)CC(=O)NC1CCCC1=O.CCCCCCCCCCC(F)(F)C(=O)NC1CCOC1=O.CCCCCCCCC[C@@H](O)C(F)(F)C(=O)NC1CCOC1=O. The smallest absolute Gasteiger partial charge is 0.381 e. The first kappa shape index (κ1) is 123. The van der Waals surface area contributed by atoms with Crippen LogP contribution in [0.25, 0.3) is 0 Å². The van der Waals surface area contributed by atoms with Gasteiger partial charge in [0.15, 0.2) is 5.78 Å². The number of aliphatic hydroxyl groups is 1. The standard InChI is InChI=1S/C17H29F2NO2.C16H25F2NO4.C16H27F2NO4.C16H25F2NO4.C16H27F2NO3.C14H23F2NO3/c1-2-3-4-5-6-7-8-12-17(18,19)13-16(22)20-14-10-9-11-15(14)21;1-2-3-4-5-6-7-9-16(17,18)13(20)11-14(21)19-12-8-10-23-15(12)22;2*1-2-3-4-5-6-7-8-9-13(20)16(17,18)15(22)19-12-10-11-23-14(12)21;1-2-3-4-5-6-7-8-9-11-16(17,18)15(21)19-13-10-12-22-14(13)20;1-2-3-4-5-6-7-9-14(15,16)13(19)17-11-8-10-20-12(11)18/h14H,2-13H2,1H3,(H,20,22);12H,2-11H2,1H3,(H,19,21);12-13,20H,2-11H2,1H3,(H,19,22);12H,2-11H2,1H3,(H,19,22);13H,2-12H2,1H3,(H,19,21);11H,2-10H2,1H3,(H,17,19)/t;;12?,13-;;;/m..1.../s1. The van der Waals surface area contributed by atoms with Crippen LogP contribution in [0.15, 0.2) is 0 Å². The maximum atomic E-state index is 13.9. The molecule has 5 heterocycles. The van der Waals surface area contributed by atoms with E-state index < -0.39 is 187 Å². The topological polar surface area (TPSA) is 378 Å². The van der Waals surface area contributed by atoms with Crippen LogP contribution in [0.1, 0.15) is 408 Å². The Bertz CT molecular complexity index is 3400. The highest BCUT2D eigenvalue weighted by molar-refractivity contribution is 6.08. The van der Waals surface area contributed by atoms with Gasteiger partial charge in [0.05, 0.1) is 51.9 Å². The molecule has 5 saturated heterocycles. The van der Waals surface area contributed by atoms with Gasteiger partial charge in [0, 0.05) is 70.6 Å². The summed E-state index contributed by atoms with van der Waals surface area (Å²) in [5, 5.41) is 22.3. The monoisotopic (exact) mass is 1930 g/mol. The number of ether oxygens (including phenoxy) is 5. The van der Waals surface area contributed by atoms with Crippen molar-refractivity contribution in [3.63, 3.8) is 0 Å². The molecular formula is C95H156F12N6O20. The van der Waals surface area contributed by atoms with Crippen molar-refractivity contribution in [2.24, 2.45) is 0 Å². The maximum absolute atomic E-state index is 13.9. The van der Waals surface area contributed by atoms with Crippen molar-refractivity contribution in [2.75, 3.05) is 33.0 Å². The van der Waals surface area contributed by atoms with E-state index in [9.17, 15) is 125 Å². The Morgan fingerprint density at radius 3 is 0.910 bits per heavy atom. The number of hydrogen-bond donors (Lipinski definition) is 7. The molecule has 0 bridgehead atoms. The largest absolute Gasteiger partial charge is 0.464 e. The van der Waals surface area contributed by atoms with Crippen molar-refractivity contribution in [3.8, 4) is 0 Å². The first-order valence-corrected chi connectivity index (χ1v) is 49.2. The minimum Gasteiger partial charge on any atom is -0.464 e. The van der Waals surface area contributed by atoms with Crippen molar-refractivity contribution < 1.29 is 149 Å². The van der Waals surface area contributed by atoms with Crippen LogP contribution in [0.5, 0.6) is 0 Å². The molecule has 0 aromatic rings. The molecule has 1 aliphatic carbocycles. The van der Waals surface area contributed by atoms with E-state index in [1.807, 2.05) is 10.6 Å². The van der Waals surface area contributed by atoms with E-state index in [1.165, 1.54) is 44.9 Å². The fourth-order valence-corrected chi connectivity index (χ4v) is 14.8. The van der Waals surface area contributed by atoms with Crippen LogP contribution < -0.4 is 31.9 Å². The number of esters is 5. The molecule has 6 unspecified atom stereocenters. The van der Waals surface area contributed by atoms with Crippen LogP contribution in [0.2, 0.25) is 0 Å². The molecule has 7 atom stereocenters. The van der Waals surface area contributed by atoms with Crippen LogP contribution in [0.3, 0.4) is 0 Å². The number of aliphatic hydroxyl groups excluding tert-OH is 1. The van der Waals surface area contributed by atoms with E-state index in [0.717, 1.165) is 161 Å². The summed E-state index contributed by atoms with van der Waals surface area (Å²) in [5.74, 6) is -35.0. The minimum absolute atomic E-state index is 0.0382. The van der Waals surface area contributed by atoms with Crippen molar-refractivity contribution in [1.29, 1.82) is 0 Å². The van der Waals surface area contributed by atoms with Crippen molar-refractivity contribution in [1.82, 2.24) is 31.9 Å². The van der Waals surface area contributed by atoms with E-state index >= 15 is 0 Å². The van der Waals surface area contributed by atoms with Gasteiger partial charge in [-0.05, 0) is 51.4 Å². The Hall–Kier alpha value is -7.70. The third-order valence-electron chi connectivity index (χ3n) is 23.3. The van der Waals surface area contributed by atoms with E-state index in [0.29, 0.717) is 77.0 Å². The Balaban J connectivity index is 0.000000798. The molecule has 770 valence electrons. The van der Waals surface area contributed by atoms with Gasteiger partial charge in [-0.1, -0.05) is 273 Å². The first-order valence-electron chi connectivity index (χ1n) is 49.2. The molecule has 6 amide bonds. The summed E-state index contributed by atoms with van der Waals surface area (Å²) in [7, 11) is 0. The van der Waals surface area contributed by atoms with Crippen molar-refractivity contribution in [2.45, 2.75) is 485 Å². The van der Waals surface area contributed by atoms with Gasteiger partial charge in [-0.25, -0.2) is 32.8 Å². The Labute approximate surface area is 778 Å². The normalized spacial score (nSPS) is 18.5. The average molecular weight is 1930 g/mol. The zero-order valence-electron chi connectivity index (χ0n) is 79.6. The first-order chi connectivity index (χ1) is 63.0. The third-order valence-corrected chi connectivity index (χ3v) is 23.3. The van der Waals surface area contributed by atoms with E-state index in [2.05, 4.69) is 86.5 Å². The molecular weight excluding hydrogens is 1770 g/mol. The number of carbonyl (C=O) groups is 14. The quantitative estimate of drug-likeness (QED) is 0.00977. The second-order valence-electron chi connectivity index (χ2n) is 35.3. The van der Waals surface area contributed by atoms with Gasteiger partial charge in [-0.3, -0.25) is 43.2 Å². The molecule has 0 aromatic heterocycles. The average Bonchev–Trinajstić information content (AvgIpc) is 1.79. The van der Waals surface area contributed by atoms with Gasteiger partial charge < -0.3 is 60.7 Å². The summed E-state index contributed by atoms with van der Waals surface area (Å²) in [5.41, 5.74) is 0. The number of hydrogen-bond acceptors (Lipinski definition) is 20. The zero-order chi connectivity index (χ0) is 99.7. The molecule has 6 fully saturated rings. The summed E-state index contributed by atoms with van der Waals surface area (Å²) in [6, 6.07) is -5.34. The third kappa shape index (κ3) is 54.7. The lowest BCUT2D eigenvalue weighted by molar-refractivity contribution is -0.166. The lowest BCUT2D eigenvalue weighted by Gasteiger charge is -2.22. The molecule has 1 saturated carbocycles. The van der Waals surface area contributed by atoms with Gasteiger partial charge in [-0.15, -0.1) is 0 Å². The Kier molecular flexibility index (Phi) is 64.9. The molecule has 6 aliphatic rings. The number of Topliss-reactive ketones (excluding diaryl/α,β-unsaturated/α-hetero) is 3. The molecule has 5 aliphatic heterocycles. The van der Waals surface area contributed by atoms with Crippen LogP contribution >= 0.6 is 0 Å². The molecule has 133 heavy (non-hydrogen) atoms. The highest BCUT2D eigenvalue weighted by atomic mass is 19.3. The minimum atomic E-state index is -4.09. The van der Waals surface area contributed by atoms with Crippen LogP contribution in [-0.2, 0) is 90.8 Å². The van der Waals surface area contributed by atoms with Crippen molar-refractivity contribution in [3.05, 3.63) is 0 Å². The number of cyclic esters (lactones) is 5. The Morgan fingerprint density at radius 1 is 0.316 bits per heavy atom. The molecule has 0 aromatic carbocycles. The second-order valence-corrected chi connectivity index (χ2v) is 35.3. The number of ketones is 3.